The number of para-hydroxylation sites is 1. The van der Waals surface area contributed by atoms with Crippen molar-refractivity contribution in [3.63, 3.8) is 0 Å². The zero-order chi connectivity index (χ0) is 27.7. The van der Waals surface area contributed by atoms with Gasteiger partial charge in [-0.3, -0.25) is 0 Å². The summed E-state index contributed by atoms with van der Waals surface area (Å²) in [6.07, 6.45) is 1.45. The average molecular weight is 562 g/mol. The van der Waals surface area contributed by atoms with E-state index in [2.05, 4.69) is 35.5 Å². The predicted molar refractivity (Wildman–Crippen MR) is 155 cm³/mol. The maximum atomic E-state index is 12.9. The lowest BCUT2D eigenvalue weighted by Crippen LogP contribution is -2.28. The molecule has 2 aromatic carbocycles. The van der Waals surface area contributed by atoms with Gasteiger partial charge >= 0.3 is 0 Å². The van der Waals surface area contributed by atoms with Gasteiger partial charge in [0.2, 0.25) is 16.0 Å². The van der Waals surface area contributed by atoms with Crippen molar-refractivity contribution >= 4 is 50.5 Å². The summed E-state index contributed by atoms with van der Waals surface area (Å²) in [5.41, 5.74) is 1.96. The largest absolute Gasteiger partial charge is 0.492 e. The molecule has 4 N–H and O–H groups in total. The first-order valence-corrected chi connectivity index (χ1v) is 14.3. The summed E-state index contributed by atoms with van der Waals surface area (Å²) in [4.78, 5) is 11.0. The highest BCUT2D eigenvalue weighted by atomic mass is 35.5. The SMILES string of the molecule is CCOc1cc(NCCN(C)C)ccc1Nc1ncc(Cl)c(Nc2ccccc2S(=O)(=O)NCC(C)C)n1. The Bertz CT molecular complexity index is 1320. The number of likely N-dealkylation sites (N-methyl/N-ethyl adjacent to an activating group) is 1. The van der Waals surface area contributed by atoms with Crippen LogP contribution in [0.25, 0.3) is 0 Å². The Morgan fingerprint density at radius 1 is 1.08 bits per heavy atom. The number of nitrogens with one attached hydrogen (secondary N) is 4. The minimum atomic E-state index is -3.75. The quantitative estimate of drug-likeness (QED) is 0.217. The van der Waals surface area contributed by atoms with Gasteiger partial charge < -0.3 is 25.6 Å². The van der Waals surface area contributed by atoms with Crippen molar-refractivity contribution in [1.82, 2.24) is 19.6 Å². The van der Waals surface area contributed by atoms with Crippen molar-refractivity contribution in [2.75, 3.05) is 56.3 Å². The van der Waals surface area contributed by atoms with E-state index in [1.165, 1.54) is 12.3 Å². The van der Waals surface area contributed by atoms with E-state index in [1.807, 2.05) is 53.1 Å². The molecule has 1 aromatic heterocycles. The summed E-state index contributed by atoms with van der Waals surface area (Å²) in [5.74, 6) is 1.34. The summed E-state index contributed by atoms with van der Waals surface area (Å²) < 4.78 is 34.3. The molecule has 0 atom stereocenters. The van der Waals surface area contributed by atoms with Crippen molar-refractivity contribution in [3.8, 4) is 5.75 Å². The van der Waals surface area contributed by atoms with Crippen molar-refractivity contribution in [2.45, 2.75) is 25.7 Å². The number of aromatic nitrogens is 2. The van der Waals surface area contributed by atoms with Crippen LogP contribution in [0.2, 0.25) is 5.02 Å². The van der Waals surface area contributed by atoms with E-state index in [9.17, 15) is 8.42 Å². The monoisotopic (exact) mass is 561 g/mol. The van der Waals surface area contributed by atoms with Crippen LogP contribution < -0.4 is 25.4 Å². The zero-order valence-electron chi connectivity index (χ0n) is 22.4. The van der Waals surface area contributed by atoms with Crippen LogP contribution in [0.15, 0.2) is 53.6 Å². The van der Waals surface area contributed by atoms with E-state index in [4.69, 9.17) is 16.3 Å². The average Bonchev–Trinajstić information content (AvgIpc) is 2.86. The van der Waals surface area contributed by atoms with Crippen molar-refractivity contribution in [1.29, 1.82) is 0 Å². The Morgan fingerprint density at radius 3 is 2.55 bits per heavy atom. The maximum Gasteiger partial charge on any atom is 0.242 e. The lowest BCUT2D eigenvalue weighted by molar-refractivity contribution is 0.342. The predicted octanol–water partition coefficient (Wildman–Crippen LogP) is 4.92. The number of nitrogens with zero attached hydrogens (tertiary/aromatic N) is 3. The fourth-order valence-electron chi connectivity index (χ4n) is 3.36. The molecule has 206 valence electrons. The van der Waals surface area contributed by atoms with Gasteiger partial charge in [-0.1, -0.05) is 37.6 Å². The van der Waals surface area contributed by atoms with Gasteiger partial charge in [-0.2, -0.15) is 4.98 Å². The Hall–Kier alpha value is -3.12. The highest BCUT2D eigenvalue weighted by Gasteiger charge is 2.20. The van der Waals surface area contributed by atoms with Crippen LogP contribution in [0.1, 0.15) is 20.8 Å². The lowest BCUT2D eigenvalue weighted by Gasteiger charge is -2.16. The van der Waals surface area contributed by atoms with Crippen LogP contribution in [0, 0.1) is 5.92 Å². The molecule has 0 aliphatic carbocycles. The third-order valence-corrected chi connectivity index (χ3v) is 7.03. The topological polar surface area (TPSA) is 121 Å². The molecule has 0 spiro atoms. The molecule has 0 amide bonds. The minimum Gasteiger partial charge on any atom is -0.492 e. The molecule has 12 heteroatoms. The highest BCUT2D eigenvalue weighted by molar-refractivity contribution is 7.89. The Kier molecular flexibility index (Phi) is 10.5. The molecule has 0 bridgehead atoms. The molecule has 0 saturated carbocycles. The van der Waals surface area contributed by atoms with Gasteiger partial charge in [0.05, 0.1) is 24.2 Å². The molecule has 0 aliphatic heterocycles. The number of hydrogen-bond acceptors (Lipinski definition) is 9. The van der Waals surface area contributed by atoms with Crippen LogP contribution in [0.3, 0.4) is 0 Å². The minimum absolute atomic E-state index is 0.0980. The van der Waals surface area contributed by atoms with Gasteiger partial charge in [0.1, 0.15) is 15.7 Å². The van der Waals surface area contributed by atoms with Crippen molar-refractivity contribution in [3.05, 3.63) is 53.7 Å². The first-order valence-electron chi connectivity index (χ1n) is 12.4. The Morgan fingerprint density at radius 2 is 1.84 bits per heavy atom. The zero-order valence-corrected chi connectivity index (χ0v) is 23.9. The summed E-state index contributed by atoms with van der Waals surface area (Å²) in [5, 5.41) is 9.85. The first-order chi connectivity index (χ1) is 18.1. The lowest BCUT2D eigenvalue weighted by atomic mass is 10.2. The Labute approximate surface area is 230 Å². The van der Waals surface area contributed by atoms with Crippen molar-refractivity contribution in [2.24, 2.45) is 5.92 Å². The van der Waals surface area contributed by atoms with E-state index in [0.29, 0.717) is 30.3 Å². The molecular formula is C26H36ClN7O3S. The molecule has 38 heavy (non-hydrogen) atoms. The van der Waals surface area contributed by atoms with Crippen LogP contribution in [-0.4, -0.2) is 63.6 Å². The van der Waals surface area contributed by atoms with Gasteiger partial charge in [-0.25, -0.2) is 18.1 Å². The number of hydrogen-bond donors (Lipinski definition) is 4. The number of rotatable bonds is 14. The van der Waals surface area contributed by atoms with Crippen LogP contribution in [0.4, 0.5) is 28.8 Å². The summed E-state index contributed by atoms with van der Waals surface area (Å²) in [6, 6.07) is 12.3. The fraction of sp³-hybridized carbons (Fsp3) is 0.385. The molecule has 10 nitrogen and oxygen atoms in total. The second kappa shape index (κ2) is 13.6. The summed E-state index contributed by atoms with van der Waals surface area (Å²) >= 11 is 6.37. The third-order valence-electron chi connectivity index (χ3n) is 5.27. The summed E-state index contributed by atoms with van der Waals surface area (Å²) in [6.45, 7) is 8.30. The number of halogens is 1. The molecule has 0 radical (unpaired) electrons. The number of anilines is 5. The van der Waals surface area contributed by atoms with Gasteiger partial charge in [0.25, 0.3) is 0 Å². The molecule has 1 heterocycles. The van der Waals surface area contributed by atoms with E-state index in [1.54, 1.807) is 18.2 Å². The molecular weight excluding hydrogens is 526 g/mol. The molecule has 0 unspecified atom stereocenters. The molecule has 0 fully saturated rings. The third kappa shape index (κ3) is 8.45. The van der Waals surface area contributed by atoms with Gasteiger partial charge in [-0.05, 0) is 51.2 Å². The normalized spacial score (nSPS) is 11.6. The number of ether oxygens (including phenoxy) is 1. The second-order valence-electron chi connectivity index (χ2n) is 9.26. The van der Waals surface area contributed by atoms with Crippen molar-refractivity contribution < 1.29 is 13.2 Å². The van der Waals surface area contributed by atoms with Crippen LogP contribution in [0.5, 0.6) is 5.75 Å². The van der Waals surface area contributed by atoms with Crippen LogP contribution in [-0.2, 0) is 10.0 Å². The smallest absolute Gasteiger partial charge is 0.242 e. The first kappa shape index (κ1) is 29.4. The van der Waals surface area contributed by atoms with E-state index >= 15 is 0 Å². The standard InChI is InChI=1S/C26H36ClN7O3S/c1-6-37-23-15-19(28-13-14-34(4)5)11-12-21(23)32-26-29-17-20(27)25(33-26)31-22-9-7-8-10-24(22)38(35,36)30-16-18(2)3/h7-12,15,17-18,28,30H,6,13-14,16H2,1-5H3,(H2,29,31,32,33). The fourth-order valence-corrected chi connectivity index (χ4v) is 4.87. The van der Waals surface area contributed by atoms with Gasteiger partial charge in [0, 0.05) is 31.4 Å². The second-order valence-corrected chi connectivity index (χ2v) is 11.4. The van der Waals surface area contributed by atoms with E-state index in [-0.39, 0.29) is 27.6 Å². The number of sulfonamides is 1. The number of benzene rings is 2. The molecule has 3 aromatic rings. The van der Waals surface area contributed by atoms with Crippen LogP contribution >= 0.6 is 11.6 Å². The van der Waals surface area contributed by atoms with E-state index in [0.717, 1.165) is 18.8 Å². The van der Waals surface area contributed by atoms with Gasteiger partial charge in [-0.15, -0.1) is 0 Å². The van der Waals surface area contributed by atoms with E-state index < -0.39 is 10.0 Å². The Balaban J connectivity index is 1.83. The van der Waals surface area contributed by atoms with Gasteiger partial charge in [0.15, 0.2) is 5.82 Å². The highest BCUT2D eigenvalue weighted by Crippen LogP contribution is 2.32. The maximum absolute atomic E-state index is 12.9. The molecule has 0 saturated heterocycles. The summed E-state index contributed by atoms with van der Waals surface area (Å²) in [7, 11) is 0.304. The molecule has 0 aliphatic rings. The molecule has 3 rings (SSSR count).